The Kier molecular flexibility index (Phi) is 5.05. The SMILES string of the molecule is COc1ccc(CNC(C)CBr)c(F)c1. The number of nitrogens with one attached hydrogen (secondary N) is 1. The van der Waals surface area contributed by atoms with Gasteiger partial charge in [-0.1, -0.05) is 22.0 Å². The molecule has 1 unspecified atom stereocenters. The average molecular weight is 276 g/mol. The minimum atomic E-state index is -0.233. The van der Waals surface area contributed by atoms with Crippen LogP contribution in [0.4, 0.5) is 4.39 Å². The van der Waals surface area contributed by atoms with Gasteiger partial charge in [0.1, 0.15) is 11.6 Å². The zero-order valence-corrected chi connectivity index (χ0v) is 10.5. The normalized spacial score (nSPS) is 12.5. The molecule has 0 aliphatic carbocycles. The molecule has 0 aromatic heterocycles. The molecule has 2 nitrogen and oxygen atoms in total. The van der Waals surface area contributed by atoms with Gasteiger partial charge in [-0.2, -0.15) is 0 Å². The Bertz CT molecular complexity index is 319. The average Bonchev–Trinajstić information content (AvgIpc) is 2.26. The summed E-state index contributed by atoms with van der Waals surface area (Å²) in [5.74, 6) is 0.313. The molecule has 0 radical (unpaired) electrons. The summed E-state index contributed by atoms with van der Waals surface area (Å²) in [7, 11) is 1.53. The molecular weight excluding hydrogens is 261 g/mol. The van der Waals surface area contributed by atoms with Crippen molar-refractivity contribution in [2.75, 3.05) is 12.4 Å². The smallest absolute Gasteiger partial charge is 0.131 e. The maximum atomic E-state index is 13.5. The molecule has 0 spiro atoms. The Balaban J connectivity index is 2.62. The first-order valence-corrected chi connectivity index (χ1v) is 5.91. The van der Waals surface area contributed by atoms with Crippen LogP contribution < -0.4 is 10.1 Å². The van der Waals surface area contributed by atoms with E-state index >= 15 is 0 Å². The monoisotopic (exact) mass is 275 g/mol. The van der Waals surface area contributed by atoms with E-state index in [1.165, 1.54) is 13.2 Å². The molecule has 1 rings (SSSR count). The van der Waals surface area contributed by atoms with Crippen molar-refractivity contribution in [3.8, 4) is 5.75 Å². The van der Waals surface area contributed by atoms with Crippen LogP contribution in [-0.4, -0.2) is 18.5 Å². The summed E-state index contributed by atoms with van der Waals surface area (Å²) in [6.45, 7) is 2.57. The van der Waals surface area contributed by atoms with Gasteiger partial charge < -0.3 is 10.1 Å². The Labute approximate surface area is 98.0 Å². The molecule has 0 fully saturated rings. The maximum absolute atomic E-state index is 13.5. The van der Waals surface area contributed by atoms with Crippen molar-refractivity contribution in [3.63, 3.8) is 0 Å². The molecule has 1 aromatic carbocycles. The van der Waals surface area contributed by atoms with Crippen LogP contribution in [0.1, 0.15) is 12.5 Å². The number of hydrogen-bond acceptors (Lipinski definition) is 2. The molecule has 15 heavy (non-hydrogen) atoms. The van der Waals surface area contributed by atoms with Gasteiger partial charge >= 0.3 is 0 Å². The topological polar surface area (TPSA) is 21.3 Å². The molecule has 0 saturated carbocycles. The van der Waals surface area contributed by atoms with Gasteiger partial charge in [0.2, 0.25) is 0 Å². The lowest BCUT2D eigenvalue weighted by molar-refractivity contribution is 0.410. The van der Waals surface area contributed by atoms with Gasteiger partial charge in [0.05, 0.1) is 7.11 Å². The molecule has 1 N–H and O–H groups in total. The third kappa shape index (κ3) is 3.80. The third-order valence-corrected chi connectivity index (χ3v) is 3.10. The predicted octanol–water partition coefficient (Wildman–Crippen LogP) is 2.71. The van der Waals surface area contributed by atoms with Gasteiger partial charge in [-0.05, 0) is 13.0 Å². The van der Waals surface area contributed by atoms with Crippen molar-refractivity contribution in [2.24, 2.45) is 0 Å². The lowest BCUT2D eigenvalue weighted by Gasteiger charge is -2.11. The second-order valence-corrected chi connectivity index (χ2v) is 4.04. The third-order valence-electron chi connectivity index (χ3n) is 2.13. The van der Waals surface area contributed by atoms with Crippen LogP contribution in [0.25, 0.3) is 0 Å². The van der Waals surface area contributed by atoms with E-state index < -0.39 is 0 Å². The van der Waals surface area contributed by atoms with Crippen molar-refractivity contribution in [1.82, 2.24) is 5.32 Å². The van der Waals surface area contributed by atoms with Crippen LogP contribution >= 0.6 is 15.9 Å². The van der Waals surface area contributed by atoms with E-state index in [4.69, 9.17) is 4.74 Å². The predicted molar refractivity (Wildman–Crippen MR) is 63.0 cm³/mol. The maximum Gasteiger partial charge on any atom is 0.131 e. The zero-order valence-electron chi connectivity index (χ0n) is 8.89. The quantitative estimate of drug-likeness (QED) is 0.835. The van der Waals surface area contributed by atoms with Gasteiger partial charge in [-0.3, -0.25) is 0 Å². The summed E-state index contributed by atoms with van der Waals surface area (Å²) in [5.41, 5.74) is 0.656. The molecule has 1 atom stereocenters. The first-order valence-electron chi connectivity index (χ1n) is 4.79. The van der Waals surface area contributed by atoms with Crippen LogP contribution in [0.15, 0.2) is 18.2 Å². The van der Waals surface area contributed by atoms with Gasteiger partial charge in [-0.25, -0.2) is 4.39 Å². The fourth-order valence-corrected chi connectivity index (χ4v) is 1.37. The van der Waals surface area contributed by atoms with Crippen LogP contribution in [-0.2, 0) is 6.54 Å². The molecule has 84 valence electrons. The minimum absolute atomic E-state index is 0.233. The minimum Gasteiger partial charge on any atom is -0.497 e. The number of rotatable bonds is 5. The summed E-state index contributed by atoms with van der Waals surface area (Å²) in [6.07, 6.45) is 0. The largest absolute Gasteiger partial charge is 0.497 e. The second kappa shape index (κ2) is 6.08. The summed E-state index contributed by atoms with van der Waals surface area (Å²) in [4.78, 5) is 0. The van der Waals surface area contributed by atoms with E-state index in [2.05, 4.69) is 21.2 Å². The lowest BCUT2D eigenvalue weighted by Crippen LogP contribution is -2.26. The van der Waals surface area contributed by atoms with E-state index in [1.54, 1.807) is 12.1 Å². The molecule has 0 heterocycles. The van der Waals surface area contributed by atoms with Crippen molar-refractivity contribution >= 4 is 15.9 Å². The number of methoxy groups -OCH3 is 1. The van der Waals surface area contributed by atoms with Crippen LogP contribution in [0.2, 0.25) is 0 Å². The molecular formula is C11H15BrFNO. The fraction of sp³-hybridized carbons (Fsp3) is 0.455. The molecule has 0 bridgehead atoms. The van der Waals surface area contributed by atoms with Crippen LogP contribution in [0, 0.1) is 5.82 Å². The van der Waals surface area contributed by atoms with E-state index in [1.807, 2.05) is 6.92 Å². The van der Waals surface area contributed by atoms with E-state index in [0.29, 0.717) is 23.9 Å². The fourth-order valence-electron chi connectivity index (χ4n) is 1.14. The molecule has 0 saturated heterocycles. The van der Waals surface area contributed by atoms with Crippen molar-refractivity contribution in [2.45, 2.75) is 19.5 Å². The molecule has 4 heteroatoms. The van der Waals surface area contributed by atoms with Gasteiger partial charge in [-0.15, -0.1) is 0 Å². The van der Waals surface area contributed by atoms with Crippen LogP contribution in [0.5, 0.6) is 5.75 Å². The highest BCUT2D eigenvalue weighted by atomic mass is 79.9. The van der Waals surface area contributed by atoms with Crippen molar-refractivity contribution in [1.29, 1.82) is 0 Å². The number of halogens is 2. The number of alkyl halides is 1. The van der Waals surface area contributed by atoms with Gasteiger partial charge in [0, 0.05) is 29.5 Å². The van der Waals surface area contributed by atoms with Gasteiger partial charge in [0.15, 0.2) is 0 Å². The molecule has 0 aliphatic rings. The van der Waals surface area contributed by atoms with E-state index in [0.717, 1.165) is 5.33 Å². The molecule has 1 aromatic rings. The zero-order chi connectivity index (χ0) is 11.3. The Morgan fingerprint density at radius 2 is 2.27 bits per heavy atom. The molecule has 0 aliphatic heterocycles. The highest BCUT2D eigenvalue weighted by molar-refractivity contribution is 9.09. The van der Waals surface area contributed by atoms with Gasteiger partial charge in [0.25, 0.3) is 0 Å². The number of ether oxygens (including phenoxy) is 1. The van der Waals surface area contributed by atoms with Crippen LogP contribution in [0.3, 0.4) is 0 Å². The molecule has 0 amide bonds. The highest BCUT2D eigenvalue weighted by Gasteiger charge is 2.05. The Morgan fingerprint density at radius 1 is 1.53 bits per heavy atom. The summed E-state index contributed by atoms with van der Waals surface area (Å²) in [6, 6.07) is 5.23. The highest BCUT2D eigenvalue weighted by Crippen LogP contribution is 2.16. The summed E-state index contributed by atoms with van der Waals surface area (Å²) < 4.78 is 18.4. The van der Waals surface area contributed by atoms with Crippen molar-refractivity contribution < 1.29 is 9.13 Å². The van der Waals surface area contributed by atoms with E-state index in [-0.39, 0.29) is 5.82 Å². The second-order valence-electron chi connectivity index (χ2n) is 3.39. The first kappa shape index (κ1) is 12.5. The summed E-state index contributed by atoms with van der Waals surface area (Å²) in [5, 5.41) is 4.05. The number of hydrogen-bond donors (Lipinski definition) is 1. The Hall–Kier alpha value is -0.610. The standard InChI is InChI=1S/C11H15BrFNO/c1-8(6-12)14-7-9-3-4-10(15-2)5-11(9)13/h3-5,8,14H,6-7H2,1-2H3. The number of benzene rings is 1. The first-order chi connectivity index (χ1) is 7.17. The summed E-state index contributed by atoms with van der Waals surface area (Å²) >= 11 is 3.35. The van der Waals surface area contributed by atoms with E-state index in [9.17, 15) is 4.39 Å². The van der Waals surface area contributed by atoms with Crippen molar-refractivity contribution in [3.05, 3.63) is 29.6 Å². The lowest BCUT2D eigenvalue weighted by atomic mass is 10.2. The Morgan fingerprint density at radius 3 is 2.80 bits per heavy atom.